The molecule has 0 bridgehead atoms. The molecule has 1 aliphatic rings. The molecule has 0 aliphatic carbocycles. The van der Waals surface area contributed by atoms with E-state index in [9.17, 15) is 8.42 Å². The molecule has 0 amide bonds. The Morgan fingerprint density at radius 2 is 2.25 bits per heavy atom. The third kappa shape index (κ3) is 4.78. The van der Waals surface area contributed by atoms with E-state index in [1.807, 2.05) is 0 Å². The molecule has 24 heavy (non-hydrogen) atoms. The number of aromatic nitrogens is 1. The molecule has 3 rings (SSSR count). The van der Waals surface area contributed by atoms with Crippen molar-refractivity contribution in [2.24, 2.45) is 5.92 Å². The van der Waals surface area contributed by atoms with E-state index in [0.29, 0.717) is 13.0 Å². The van der Waals surface area contributed by atoms with Crippen LogP contribution in [0.4, 0.5) is 5.13 Å². The van der Waals surface area contributed by atoms with Crippen LogP contribution >= 0.6 is 22.7 Å². The number of hydrogen-bond donors (Lipinski definition) is 1. The fourth-order valence-corrected chi connectivity index (χ4v) is 5.27. The number of sulfonamides is 1. The Morgan fingerprint density at radius 1 is 1.42 bits per heavy atom. The van der Waals surface area contributed by atoms with Crippen LogP contribution in [0.15, 0.2) is 17.5 Å². The van der Waals surface area contributed by atoms with Crippen LogP contribution in [0, 0.1) is 5.92 Å². The standard InChI is InChI=1S/C16H23N3O2S3/c1-12-4-3-9-19(10-12)16-18-14(11-22-16)15-6-5-13(23-15)7-8-17-24(2,20)21/h5-6,11-12,17H,3-4,7-10H2,1-2H3/t12-/m0/s1. The number of nitrogens with zero attached hydrogens (tertiary/aromatic N) is 2. The highest BCUT2D eigenvalue weighted by molar-refractivity contribution is 7.88. The average Bonchev–Trinajstić information content (AvgIpc) is 3.14. The number of nitrogens with one attached hydrogen (secondary N) is 1. The zero-order valence-corrected chi connectivity index (χ0v) is 16.4. The number of thiazole rings is 1. The first kappa shape index (κ1) is 17.8. The summed E-state index contributed by atoms with van der Waals surface area (Å²) in [7, 11) is -3.11. The second-order valence-corrected chi connectivity index (χ2v) is 10.2. The summed E-state index contributed by atoms with van der Waals surface area (Å²) >= 11 is 3.40. The zero-order chi connectivity index (χ0) is 17.2. The van der Waals surface area contributed by atoms with Gasteiger partial charge in [0.05, 0.1) is 16.8 Å². The van der Waals surface area contributed by atoms with Crippen LogP contribution in [0.2, 0.25) is 0 Å². The summed E-state index contributed by atoms with van der Waals surface area (Å²) in [6.45, 7) is 4.94. The monoisotopic (exact) mass is 385 g/mol. The normalized spacial score (nSPS) is 18.9. The zero-order valence-electron chi connectivity index (χ0n) is 14.0. The largest absolute Gasteiger partial charge is 0.348 e. The lowest BCUT2D eigenvalue weighted by Gasteiger charge is -2.30. The van der Waals surface area contributed by atoms with Gasteiger partial charge >= 0.3 is 0 Å². The van der Waals surface area contributed by atoms with Gasteiger partial charge in [0.25, 0.3) is 0 Å². The van der Waals surface area contributed by atoms with Crippen LogP contribution in [0.1, 0.15) is 24.6 Å². The molecule has 0 saturated carbocycles. The second kappa shape index (κ2) is 7.51. The van der Waals surface area contributed by atoms with Crippen molar-refractivity contribution in [1.82, 2.24) is 9.71 Å². The highest BCUT2D eigenvalue weighted by Gasteiger charge is 2.19. The lowest BCUT2D eigenvalue weighted by molar-refractivity contribution is 0.446. The van der Waals surface area contributed by atoms with Crippen LogP contribution < -0.4 is 9.62 Å². The first-order valence-electron chi connectivity index (χ1n) is 8.15. The Labute approximate surface area is 151 Å². The first-order chi connectivity index (χ1) is 11.4. The minimum absolute atomic E-state index is 0.437. The summed E-state index contributed by atoms with van der Waals surface area (Å²) in [4.78, 5) is 9.53. The van der Waals surface area contributed by atoms with Gasteiger partial charge in [-0.2, -0.15) is 0 Å². The lowest BCUT2D eigenvalue weighted by atomic mass is 10.0. The van der Waals surface area contributed by atoms with Crippen molar-refractivity contribution in [3.63, 3.8) is 0 Å². The molecule has 132 valence electrons. The van der Waals surface area contributed by atoms with Gasteiger partial charge in [-0.05, 0) is 37.3 Å². The van der Waals surface area contributed by atoms with E-state index < -0.39 is 10.0 Å². The Balaban J connectivity index is 1.63. The fraction of sp³-hybridized carbons (Fsp3) is 0.562. The van der Waals surface area contributed by atoms with Crippen molar-refractivity contribution in [2.45, 2.75) is 26.2 Å². The molecule has 3 heterocycles. The van der Waals surface area contributed by atoms with Crippen LogP contribution in [-0.2, 0) is 16.4 Å². The van der Waals surface area contributed by atoms with Gasteiger partial charge in [0.15, 0.2) is 5.13 Å². The molecule has 2 aromatic rings. The summed E-state index contributed by atoms with van der Waals surface area (Å²) in [5, 5.41) is 3.24. The van der Waals surface area contributed by atoms with Gasteiger partial charge in [0, 0.05) is 29.9 Å². The Bertz CT molecular complexity index is 782. The SMILES string of the molecule is C[C@H]1CCCN(c2nc(-c3ccc(CCNS(C)(=O)=O)s3)cs2)C1. The third-order valence-corrected chi connectivity index (χ3v) is 6.87. The van der Waals surface area contributed by atoms with E-state index in [1.165, 1.54) is 24.0 Å². The fourth-order valence-electron chi connectivity index (χ4n) is 2.90. The highest BCUT2D eigenvalue weighted by atomic mass is 32.2. The van der Waals surface area contributed by atoms with Crippen molar-refractivity contribution < 1.29 is 8.42 Å². The Kier molecular flexibility index (Phi) is 5.59. The van der Waals surface area contributed by atoms with Crippen LogP contribution in [0.3, 0.4) is 0 Å². The maximum atomic E-state index is 11.1. The summed E-state index contributed by atoms with van der Waals surface area (Å²) < 4.78 is 24.7. The van der Waals surface area contributed by atoms with E-state index in [4.69, 9.17) is 4.98 Å². The van der Waals surface area contributed by atoms with Crippen LogP contribution in [0.25, 0.3) is 10.6 Å². The molecular formula is C16H23N3O2S3. The first-order valence-corrected chi connectivity index (χ1v) is 11.7. The summed E-state index contributed by atoms with van der Waals surface area (Å²) in [5.74, 6) is 0.738. The van der Waals surface area contributed by atoms with E-state index in [-0.39, 0.29) is 0 Å². The molecule has 2 aromatic heterocycles. The van der Waals surface area contributed by atoms with Gasteiger partial charge in [0.2, 0.25) is 10.0 Å². The van der Waals surface area contributed by atoms with E-state index >= 15 is 0 Å². The third-order valence-electron chi connectivity index (χ3n) is 4.07. The van der Waals surface area contributed by atoms with Gasteiger partial charge < -0.3 is 4.90 Å². The molecule has 1 N–H and O–H groups in total. The molecule has 0 aromatic carbocycles. The smallest absolute Gasteiger partial charge is 0.208 e. The van der Waals surface area contributed by atoms with Crippen LogP contribution in [-0.4, -0.2) is 39.3 Å². The predicted molar refractivity (Wildman–Crippen MR) is 103 cm³/mol. The molecule has 0 unspecified atom stereocenters. The van der Waals surface area contributed by atoms with Gasteiger partial charge in [-0.25, -0.2) is 18.1 Å². The Morgan fingerprint density at radius 3 is 3.00 bits per heavy atom. The van der Waals surface area contributed by atoms with Crippen molar-refractivity contribution in [2.75, 3.05) is 30.8 Å². The van der Waals surface area contributed by atoms with Crippen molar-refractivity contribution in [3.8, 4) is 10.6 Å². The Hall–Kier alpha value is -0.960. The maximum Gasteiger partial charge on any atom is 0.208 e. The number of piperidine rings is 1. The predicted octanol–water partition coefficient (Wildman–Crippen LogP) is 3.20. The number of rotatable bonds is 6. The maximum absolute atomic E-state index is 11.1. The molecule has 1 aliphatic heterocycles. The minimum atomic E-state index is -3.11. The van der Waals surface area contributed by atoms with Crippen molar-refractivity contribution in [1.29, 1.82) is 0 Å². The molecule has 1 fully saturated rings. The molecule has 1 saturated heterocycles. The number of hydrogen-bond acceptors (Lipinski definition) is 6. The molecule has 5 nitrogen and oxygen atoms in total. The van der Waals surface area contributed by atoms with E-state index in [0.717, 1.165) is 34.7 Å². The summed E-state index contributed by atoms with van der Waals surface area (Å²) in [5.41, 5.74) is 1.03. The highest BCUT2D eigenvalue weighted by Crippen LogP contribution is 2.33. The lowest BCUT2D eigenvalue weighted by Crippen LogP contribution is -2.34. The molecular weight excluding hydrogens is 362 g/mol. The molecule has 0 radical (unpaired) electrons. The summed E-state index contributed by atoms with van der Waals surface area (Å²) in [6, 6.07) is 4.14. The van der Waals surface area contributed by atoms with E-state index in [2.05, 4.69) is 34.1 Å². The molecule has 0 spiro atoms. The summed E-state index contributed by atoms with van der Waals surface area (Å²) in [6.07, 6.45) is 4.45. The van der Waals surface area contributed by atoms with Gasteiger partial charge in [-0.15, -0.1) is 22.7 Å². The molecule has 1 atom stereocenters. The second-order valence-electron chi connectivity index (χ2n) is 6.39. The van der Waals surface area contributed by atoms with Gasteiger partial charge in [-0.3, -0.25) is 0 Å². The van der Waals surface area contributed by atoms with Crippen LogP contribution in [0.5, 0.6) is 0 Å². The number of anilines is 1. The van der Waals surface area contributed by atoms with Gasteiger partial charge in [0.1, 0.15) is 0 Å². The van der Waals surface area contributed by atoms with Crippen molar-refractivity contribution in [3.05, 3.63) is 22.4 Å². The molecule has 8 heteroatoms. The topological polar surface area (TPSA) is 62.3 Å². The number of thiophene rings is 1. The van der Waals surface area contributed by atoms with E-state index in [1.54, 1.807) is 22.7 Å². The van der Waals surface area contributed by atoms with Gasteiger partial charge in [-0.1, -0.05) is 6.92 Å². The minimum Gasteiger partial charge on any atom is -0.348 e. The van der Waals surface area contributed by atoms with Crippen molar-refractivity contribution >= 4 is 37.8 Å². The average molecular weight is 386 g/mol. The quantitative estimate of drug-likeness (QED) is 0.829.